The molecule has 0 fully saturated rings. The summed E-state index contributed by atoms with van der Waals surface area (Å²) in [6, 6.07) is 0. The molecule has 0 spiro atoms. The summed E-state index contributed by atoms with van der Waals surface area (Å²) in [5.41, 5.74) is 3.36. The number of aryl methyl sites for hydroxylation is 1. The predicted octanol–water partition coefficient (Wildman–Crippen LogP) is 1.87. The zero-order valence-electron chi connectivity index (χ0n) is 11.9. The lowest BCUT2D eigenvalue weighted by Gasteiger charge is -2.11. The van der Waals surface area contributed by atoms with E-state index in [9.17, 15) is 0 Å². The van der Waals surface area contributed by atoms with E-state index in [-0.39, 0.29) is 0 Å². The number of rotatable bonds is 5. The molecular formula is C13H20N6. The molecule has 6 heteroatoms. The van der Waals surface area contributed by atoms with Crippen molar-refractivity contribution in [3.63, 3.8) is 0 Å². The Morgan fingerprint density at radius 3 is 2.42 bits per heavy atom. The Labute approximate surface area is 113 Å². The summed E-state index contributed by atoms with van der Waals surface area (Å²) in [4.78, 5) is 8.51. The average molecular weight is 260 g/mol. The van der Waals surface area contributed by atoms with E-state index in [4.69, 9.17) is 0 Å². The average Bonchev–Trinajstić information content (AvgIpc) is 2.71. The highest BCUT2D eigenvalue weighted by Crippen LogP contribution is 2.19. The quantitative estimate of drug-likeness (QED) is 0.859. The molecule has 2 aromatic heterocycles. The van der Waals surface area contributed by atoms with E-state index in [2.05, 4.69) is 32.6 Å². The van der Waals surface area contributed by atoms with Crippen LogP contribution in [-0.2, 0) is 13.6 Å². The molecule has 0 aliphatic rings. The molecule has 0 saturated heterocycles. The SMILES string of the molecule is CCNc1ncnc(NCc2cnn(C)c2C)c1C. The Bertz CT molecular complexity index is 560. The Hall–Kier alpha value is -2.11. The maximum absolute atomic E-state index is 4.28. The molecule has 2 N–H and O–H groups in total. The smallest absolute Gasteiger partial charge is 0.134 e. The maximum Gasteiger partial charge on any atom is 0.134 e. The van der Waals surface area contributed by atoms with Gasteiger partial charge in [-0.1, -0.05) is 0 Å². The van der Waals surface area contributed by atoms with Crippen LogP contribution in [0.5, 0.6) is 0 Å². The molecule has 0 bridgehead atoms. The van der Waals surface area contributed by atoms with Crippen molar-refractivity contribution in [3.8, 4) is 0 Å². The van der Waals surface area contributed by atoms with Gasteiger partial charge in [-0.25, -0.2) is 9.97 Å². The molecule has 0 atom stereocenters. The fourth-order valence-corrected chi connectivity index (χ4v) is 1.87. The van der Waals surface area contributed by atoms with Crippen molar-refractivity contribution in [1.82, 2.24) is 19.7 Å². The summed E-state index contributed by atoms with van der Waals surface area (Å²) < 4.78 is 1.87. The minimum absolute atomic E-state index is 0.711. The number of nitrogens with zero attached hydrogens (tertiary/aromatic N) is 4. The Morgan fingerprint density at radius 2 is 1.84 bits per heavy atom. The van der Waals surface area contributed by atoms with Crippen LogP contribution in [0.4, 0.5) is 11.6 Å². The van der Waals surface area contributed by atoms with Crippen LogP contribution in [0.2, 0.25) is 0 Å². The zero-order valence-corrected chi connectivity index (χ0v) is 11.9. The number of nitrogens with one attached hydrogen (secondary N) is 2. The molecule has 0 unspecified atom stereocenters. The van der Waals surface area contributed by atoms with Crippen LogP contribution in [0.1, 0.15) is 23.7 Å². The highest BCUT2D eigenvalue weighted by Gasteiger charge is 2.08. The van der Waals surface area contributed by atoms with Gasteiger partial charge in [-0.2, -0.15) is 5.10 Å². The fourth-order valence-electron chi connectivity index (χ4n) is 1.87. The van der Waals surface area contributed by atoms with Gasteiger partial charge < -0.3 is 10.6 Å². The van der Waals surface area contributed by atoms with Crippen molar-refractivity contribution < 1.29 is 0 Å². The van der Waals surface area contributed by atoms with Crippen molar-refractivity contribution in [3.05, 3.63) is 29.3 Å². The summed E-state index contributed by atoms with van der Waals surface area (Å²) in [7, 11) is 1.94. The first-order valence-electron chi connectivity index (χ1n) is 6.40. The third kappa shape index (κ3) is 2.83. The van der Waals surface area contributed by atoms with Crippen LogP contribution in [0, 0.1) is 13.8 Å². The topological polar surface area (TPSA) is 67.7 Å². The summed E-state index contributed by atoms with van der Waals surface area (Å²) in [5.74, 6) is 1.73. The summed E-state index contributed by atoms with van der Waals surface area (Å²) >= 11 is 0. The Balaban J connectivity index is 2.11. The molecular weight excluding hydrogens is 240 g/mol. The molecule has 6 nitrogen and oxygen atoms in total. The lowest BCUT2D eigenvalue weighted by Crippen LogP contribution is -2.08. The van der Waals surface area contributed by atoms with Gasteiger partial charge in [0.15, 0.2) is 0 Å². The van der Waals surface area contributed by atoms with E-state index >= 15 is 0 Å². The van der Waals surface area contributed by atoms with Crippen molar-refractivity contribution >= 4 is 11.6 Å². The van der Waals surface area contributed by atoms with Crippen molar-refractivity contribution in [2.75, 3.05) is 17.2 Å². The van der Waals surface area contributed by atoms with Crippen LogP contribution >= 0.6 is 0 Å². The second kappa shape index (κ2) is 5.69. The molecule has 0 radical (unpaired) electrons. The fraction of sp³-hybridized carbons (Fsp3) is 0.462. The Morgan fingerprint density at radius 1 is 1.16 bits per heavy atom. The first-order valence-corrected chi connectivity index (χ1v) is 6.40. The molecule has 2 heterocycles. The summed E-state index contributed by atoms with van der Waals surface area (Å²) in [6.45, 7) is 7.67. The monoisotopic (exact) mass is 260 g/mol. The highest BCUT2D eigenvalue weighted by molar-refractivity contribution is 5.56. The van der Waals surface area contributed by atoms with Crippen molar-refractivity contribution in [2.45, 2.75) is 27.3 Å². The first kappa shape index (κ1) is 13.3. The molecule has 102 valence electrons. The molecule has 0 amide bonds. The largest absolute Gasteiger partial charge is 0.370 e. The third-order valence-electron chi connectivity index (χ3n) is 3.21. The predicted molar refractivity (Wildman–Crippen MR) is 76.2 cm³/mol. The minimum Gasteiger partial charge on any atom is -0.370 e. The molecule has 0 saturated carbocycles. The number of aromatic nitrogens is 4. The molecule has 19 heavy (non-hydrogen) atoms. The highest BCUT2D eigenvalue weighted by atomic mass is 15.3. The molecule has 0 aliphatic carbocycles. The lowest BCUT2D eigenvalue weighted by atomic mass is 10.2. The van der Waals surface area contributed by atoms with E-state index in [0.29, 0.717) is 6.54 Å². The van der Waals surface area contributed by atoms with E-state index in [0.717, 1.165) is 29.4 Å². The number of hydrogen-bond acceptors (Lipinski definition) is 5. The van der Waals surface area contributed by atoms with E-state index < -0.39 is 0 Å². The van der Waals surface area contributed by atoms with Crippen LogP contribution in [0.3, 0.4) is 0 Å². The van der Waals surface area contributed by atoms with Crippen molar-refractivity contribution in [1.29, 1.82) is 0 Å². The summed E-state index contributed by atoms with van der Waals surface area (Å²) in [5, 5.41) is 10.8. The lowest BCUT2D eigenvalue weighted by molar-refractivity contribution is 0.738. The number of hydrogen-bond donors (Lipinski definition) is 2. The molecule has 2 aromatic rings. The standard InChI is InChI=1S/C13H20N6/c1-5-14-12-9(2)13(17-8-16-12)15-6-11-7-18-19(4)10(11)3/h7-8H,5-6H2,1-4H3,(H2,14,15,16,17). The van der Waals surface area contributed by atoms with Crippen LogP contribution in [0.15, 0.2) is 12.5 Å². The molecule has 0 aromatic carbocycles. The van der Waals surface area contributed by atoms with E-state index in [1.54, 1.807) is 6.33 Å². The second-order valence-electron chi connectivity index (χ2n) is 4.46. The Kier molecular flexibility index (Phi) is 3.99. The van der Waals surface area contributed by atoms with Gasteiger partial charge >= 0.3 is 0 Å². The van der Waals surface area contributed by atoms with E-state index in [1.165, 1.54) is 5.56 Å². The van der Waals surface area contributed by atoms with Crippen LogP contribution < -0.4 is 10.6 Å². The first-order chi connectivity index (χ1) is 9.13. The van der Waals surface area contributed by atoms with Gasteiger partial charge in [0.2, 0.25) is 0 Å². The molecule has 2 rings (SSSR count). The van der Waals surface area contributed by atoms with Gasteiger partial charge in [0.25, 0.3) is 0 Å². The zero-order chi connectivity index (χ0) is 13.8. The van der Waals surface area contributed by atoms with Crippen LogP contribution in [0.25, 0.3) is 0 Å². The second-order valence-corrected chi connectivity index (χ2v) is 4.46. The van der Waals surface area contributed by atoms with Crippen LogP contribution in [-0.4, -0.2) is 26.3 Å². The minimum atomic E-state index is 0.711. The summed E-state index contributed by atoms with van der Waals surface area (Å²) in [6.07, 6.45) is 3.45. The van der Waals surface area contributed by atoms with Gasteiger partial charge in [0.05, 0.1) is 6.20 Å². The van der Waals surface area contributed by atoms with Gasteiger partial charge in [-0.3, -0.25) is 4.68 Å². The number of anilines is 2. The van der Waals surface area contributed by atoms with Gasteiger partial charge in [0.1, 0.15) is 18.0 Å². The van der Waals surface area contributed by atoms with Crippen molar-refractivity contribution in [2.24, 2.45) is 7.05 Å². The van der Waals surface area contributed by atoms with Gasteiger partial charge in [-0.05, 0) is 20.8 Å². The molecule has 0 aliphatic heterocycles. The third-order valence-corrected chi connectivity index (χ3v) is 3.21. The van der Waals surface area contributed by atoms with E-state index in [1.807, 2.05) is 31.8 Å². The van der Waals surface area contributed by atoms with Gasteiger partial charge in [0, 0.05) is 37.0 Å². The normalized spacial score (nSPS) is 10.5. The van der Waals surface area contributed by atoms with Gasteiger partial charge in [-0.15, -0.1) is 0 Å². The maximum atomic E-state index is 4.28.